The summed E-state index contributed by atoms with van der Waals surface area (Å²) in [7, 11) is 0. The van der Waals surface area contributed by atoms with Crippen molar-refractivity contribution >= 4 is 63.2 Å². The van der Waals surface area contributed by atoms with Gasteiger partial charge in [-0.2, -0.15) is 0 Å². The zero-order chi connectivity index (χ0) is 15.4. The molecule has 0 saturated carbocycles. The highest BCUT2D eigenvalue weighted by atomic mass is 127. The number of thioether (sulfide) groups is 1. The number of aryl methyl sites for hydroxylation is 1. The van der Waals surface area contributed by atoms with Gasteiger partial charge in [-0.05, 0) is 65.4 Å². The van der Waals surface area contributed by atoms with E-state index in [2.05, 4.69) is 27.9 Å². The predicted molar refractivity (Wildman–Crippen MR) is 99.1 cm³/mol. The van der Waals surface area contributed by atoms with Gasteiger partial charge in [0.05, 0.1) is 10.8 Å². The average Bonchev–Trinajstić information content (AvgIpc) is 2.41. The van der Waals surface area contributed by atoms with Crippen molar-refractivity contribution in [2.75, 3.05) is 16.8 Å². The van der Waals surface area contributed by atoms with Crippen LogP contribution in [0, 0.1) is 10.5 Å². The Morgan fingerprint density at radius 2 is 2.14 bits per heavy atom. The standard InChI is InChI=1S/C15H14ClIN2OS/c1-9-7-10(17)5-6-13(9)19-14(20)8-21-15-11(16)3-2-4-12(15)18/h2-7H,8,18H2,1H3,(H,19,20). The minimum absolute atomic E-state index is 0.0800. The molecular formula is C15H14ClIN2OS. The summed E-state index contributed by atoms with van der Waals surface area (Å²) in [6.45, 7) is 1.97. The molecule has 0 bridgehead atoms. The molecule has 3 nitrogen and oxygen atoms in total. The normalized spacial score (nSPS) is 10.4. The minimum Gasteiger partial charge on any atom is -0.398 e. The first-order valence-corrected chi connectivity index (χ1v) is 8.64. The van der Waals surface area contributed by atoms with Crippen LogP contribution < -0.4 is 11.1 Å². The number of rotatable bonds is 4. The Labute approximate surface area is 146 Å². The van der Waals surface area contributed by atoms with Crippen molar-refractivity contribution in [3.63, 3.8) is 0 Å². The molecule has 0 aliphatic rings. The number of nitrogen functional groups attached to an aromatic ring is 1. The predicted octanol–water partition coefficient (Wildman–Crippen LogP) is 4.57. The molecule has 0 aromatic heterocycles. The zero-order valence-corrected chi connectivity index (χ0v) is 15.1. The lowest BCUT2D eigenvalue weighted by Crippen LogP contribution is -2.15. The lowest BCUT2D eigenvalue weighted by atomic mass is 10.2. The molecule has 3 N–H and O–H groups in total. The summed E-state index contributed by atoms with van der Waals surface area (Å²) in [6.07, 6.45) is 0. The molecule has 0 spiro atoms. The van der Waals surface area contributed by atoms with E-state index < -0.39 is 0 Å². The molecule has 21 heavy (non-hydrogen) atoms. The number of hydrogen-bond donors (Lipinski definition) is 2. The van der Waals surface area contributed by atoms with E-state index in [1.54, 1.807) is 18.2 Å². The molecular weight excluding hydrogens is 419 g/mol. The van der Waals surface area contributed by atoms with Gasteiger partial charge in [0.25, 0.3) is 0 Å². The van der Waals surface area contributed by atoms with Crippen molar-refractivity contribution in [2.45, 2.75) is 11.8 Å². The van der Waals surface area contributed by atoms with E-state index in [1.165, 1.54) is 11.8 Å². The Balaban J connectivity index is 1.99. The molecule has 6 heteroatoms. The van der Waals surface area contributed by atoms with Crippen LogP contribution in [0.2, 0.25) is 5.02 Å². The highest BCUT2D eigenvalue weighted by Gasteiger charge is 2.10. The highest BCUT2D eigenvalue weighted by Crippen LogP contribution is 2.32. The van der Waals surface area contributed by atoms with Crippen LogP contribution >= 0.6 is 46.0 Å². The van der Waals surface area contributed by atoms with Crippen molar-refractivity contribution in [3.8, 4) is 0 Å². The summed E-state index contributed by atoms with van der Waals surface area (Å²) < 4.78 is 1.14. The largest absolute Gasteiger partial charge is 0.398 e. The summed E-state index contributed by atoms with van der Waals surface area (Å²) >= 11 is 9.66. The highest BCUT2D eigenvalue weighted by molar-refractivity contribution is 14.1. The average molecular weight is 433 g/mol. The second kappa shape index (κ2) is 7.38. The van der Waals surface area contributed by atoms with Crippen LogP contribution in [0.25, 0.3) is 0 Å². The zero-order valence-electron chi connectivity index (χ0n) is 11.3. The first-order chi connectivity index (χ1) is 9.97. The molecule has 0 fully saturated rings. The van der Waals surface area contributed by atoms with Gasteiger partial charge < -0.3 is 11.1 Å². The van der Waals surface area contributed by atoms with E-state index in [0.29, 0.717) is 10.7 Å². The fourth-order valence-electron chi connectivity index (χ4n) is 1.77. The molecule has 2 aromatic rings. The number of carbonyl (C=O) groups excluding carboxylic acids is 1. The van der Waals surface area contributed by atoms with Crippen molar-refractivity contribution in [3.05, 3.63) is 50.6 Å². The Morgan fingerprint density at radius 1 is 1.38 bits per heavy atom. The van der Waals surface area contributed by atoms with Crippen LogP contribution in [0.4, 0.5) is 11.4 Å². The molecule has 0 unspecified atom stereocenters. The van der Waals surface area contributed by atoms with Gasteiger partial charge >= 0.3 is 0 Å². The fourth-order valence-corrected chi connectivity index (χ4v) is 3.55. The Morgan fingerprint density at radius 3 is 2.81 bits per heavy atom. The van der Waals surface area contributed by atoms with E-state index in [-0.39, 0.29) is 11.7 Å². The van der Waals surface area contributed by atoms with Crippen LogP contribution in [0.15, 0.2) is 41.3 Å². The summed E-state index contributed by atoms with van der Waals surface area (Å²) in [5, 5.41) is 3.47. The van der Waals surface area contributed by atoms with E-state index in [0.717, 1.165) is 19.7 Å². The first kappa shape index (κ1) is 16.5. The third-order valence-corrected chi connectivity index (χ3v) is 5.06. The van der Waals surface area contributed by atoms with Gasteiger partial charge in [-0.1, -0.05) is 17.7 Å². The van der Waals surface area contributed by atoms with Gasteiger partial charge in [-0.3, -0.25) is 4.79 Å². The number of nitrogens with two attached hydrogens (primary N) is 1. The number of benzene rings is 2. The van der Waals surface area contributed by atoms with Crippen molar-refractivity contribution in [2.24, 2.45) is 0 Å². The second-order valence-corrected chi connectivity index (χ2v) is 7.09. The van der Waals surface area contributed by atoms with Crippen LogP contribution in [0.5, 0.6) is 0 Å². The molecule has 0 radical (unpaired) electrons. The molecule has 0 aliphatic heterocycles. The maximum Gasteiger partial charge on any atom is 0.234 e. The first-order valence-electron chi connectivity index (χ1n) is 6.20. The van der Waals surface area contributed by atoms with Gasteiger partial charge in [-0.25, -0.2) is 0 Å². The molecule has 110 valence electrons. The lowest BCUT2D eigenvalue weighted by molar-refractivity contribution is -0.113. The van der Waals surface area contributed by atoms with Crippen LogP contribution in [0.1, 0.15) is 5.56 Å². The number of carbonyl (C=O) groups is 1. The topological polar surface area (TPSA) is 55.1 Å². The van der Waals surface area contributed by atoms with E-state index in [4.69, 9.17) is 17.3 Å². The molecule has 1 amide bonds. The molecule has 0 saturated heterocycles. The minimum atomic E-state index is -0.0800. The third kappa shape index (κ3) is 4.52. The van der Waals surface area contributed by atoms with Crippen molar-refractivity contribution in [1.82, 2.24) is 0 Å². The fraction of sp³-hybridized carbons (Fsp3) is 0.133. The maximum absolute atomic E-state index is 12.0. The number of hydrogen-bond acceptors (Lipinski definition) is 3. The quantitative estimate of drug-likeness (QED) is 0.423. The second-order valence-electron chi connectivity index (χ2n) is 4.45. The summed E-state index contributed by atoms with van der Waals surface area (Å²) in [5.74, 6) is 0.183. The van der Waals surface area contributed by atoms with Crippen molar-refractivity contribution in [1.29, 1.82) is 0 Å². The van der Waals surface area contributed by atoms with E-state index in [9.17, 15) is 4.79 Å². The number of anilines is 2. The monoisotopic (exact) mass is 432 g/mol. The molecule has 2 rings (SSSR count). The summed E-state index contributed by atoms with van der Waals surface area (Å²) in [5.41, 5.74) is 8.32. The summed E-state index contributed by atoms with van der Waals surface area (Å²) in [6, 6.07) is 11.2. The van der Waals surface area contributed by atoms with Gasteiger partial charge in [-0.15, -0.1) is 11.8 Å². The van der Waals surface area contributed by atoms with Crippen LogP contribution in [-0.2, 0) is 4.79 Å². The molecule has 0 atom stereocenters. The van der Waals surface area contributed by atoms with Gasteiger partial charge in [0.15, 0.2) is 0 Å². The van der Waals surface area contributed by atoms with Gasteiger partial charge in [0.2, 0.25) is 5.91 Å². The Kier molecular flexibility index (Phi) is 5.78. The Hall–Kier alpha value is -0.920. The van der Waals surface area contributed by atoms with E-state index in [1.807, 2.05) is 25.1 Å². The van der Waals surface area contributed by atoms with Gasteiger partial charge in [0, 0.05) is 19.8 Å². The number of amides is 1. The van der Waals surface area contributed by atoms with Gasteiger partial charge in [0.1, 0.15) is 0 Å². The molecule has 2 aromatic carbocycles. The van der Waals surface area contributed by atoms with E-state index >= 15 is 0 Å². The SMILES string of the molecule is Cc1cc(I)ccc1NC(=O)CSc1c(N)cccc1Cl. The molecule has 0 aliphatic carbocycles. The summed E-state index contributed by atoms with van der Waals surface area (Å²) in [4.78, 5) is 12.8. The van der Waals surface area contributed by atoms with Crippen LogP contribution in [-0.4, -0.2) is 11.7 Å². The number of nitrogens with one attached hydrogen (secondary N) is 1. The number of halogens is 2. The molecule has 0 heterocycles. The van der Waals surface area contributed by atoms with Crippen LogP contribution in [0.3, 0.4) is 0 Å². The van der Waals surface area contributed by atoms with Crippen molar-refractivity contribution < 1.29 is 4.79 Å². The lowest BCUT2D eigenvalue weighted by Gasteiger charge is -2.10. The Bertz CT molecular complexity index is 658. The smallest absolute Gasteiger partial charge is 0.234 e. The maximum atomic E-state index is 12.0. The third-order valence-electron chi connectivity index (χ3n) is 2.81.